The Balaban J connectivity index is 1.85. The SMILES string of the molecule is Cc1ccc(C(N)C(=O)NCCc2nccn2C)cc1. The van der Waals surface area contributed by atoms with Gasteiger partial charge in [-0.25, -0.2) is 4.98 Å². The van der Waals surface area contributed by atoms with Crippen LogP contribution in [-0.2, 0) is 18.3 Å². The van der Waals surface area contributed by atoms with Crippen LogP contribution in [0.3, 0.4) is 0 Å². The number of nitrogens with one attached hydrogen (secondary N) is 1. The molecule has 1 unspecified atom stereocenters. The summed E-state index contributed by atoms with van der Waals surface area (Å²) in [4.78, 5) is 16.2. The summed E-state index contributed by atoms with van der Waals surface area (Å²) in [6.45, 7) is 2.53. The number of benzene rings is 1. The zero-order chi connectivity index (χ0) is 14.5. The molecule has 106 valence electrons. The van der Waals surface area contributed by atoms with Crippen LogP contribution in [-0.4, -0.2) is 22.0 Å². The molecular weight excluding hydrogens is 252 g/mol. The standard InChI is InChI=1S/C15H20N4O/c1-11-3-5-12(6-4-11)14(16)15(20)18-8-7-13-17-9-10-19(13)2/h3-6,9-10,14H,7-8,16H2,1-2H3,(H,18,20). The van der Waals surface area contributed by atoms with Gasteiger partial charge in [0.1, 0.15) is 11.9 Å². The van der Waals surface area contributed by atoms with Crippen LogP contribution in [0.25, 0.3) is 0 Å². The number of hydrogen-bond acceptors (Lipinski definition) is 3. The van der Waals surface area contributed by atoms with Gasteiger partial charge in [-0.15, -0.1) is 0 Å². The Morgan fingerprint density at radius 2 is 2.10 bits per heavy atom. The highest BCUT2D eigenvalue weighted by molar-refractivity contribution is 5.82. The van der Waals surface area contributed by atoms with E-state index in [0.29, 0.717) is 13.0 Å². The van der Waals surface area contributed by atoms with Gasteiger partial charge in [0.25, 0.3) is 0 Å². The van der Waals surface area contributed by atoms with Crippen molar-refractivity contribution in [3.63, 3.8) is 0 Å². The monoisotopic (exact) mass is 272 g/mol. The lowest BCUT2D eigenvalue weighted by molar-refractivity contribution is -0.122. The third-order valence-corrected chi connectivity index (χ3v) is 3.29. The molecule has 1 atom stereocenters. The first kappa shape index (κ1) is 14.3. The number of rotatable bonds is 5. The minimum atomic E-state index is -0.628. The number of nitrogens with two attached hydrogens (primary N) is 1. The topological polar surface area (TPSA) is 72.9 Å². The Labute approximate surface area is 118 Å². The molecule has 5 nitrogen and oxygen atoms in total. The summed E-state index contributed by atoms with van der Waals surface area (Å²) in [6.07, 6.45) is 4.32. The van der Waals surface area contributed by atoms with Gasteiger partial charge in [-0.1, -0.05) is 29.8 Å². The normalized spacial score (nSPS) is 12.2. The van der Waals surface area contributed by atoms with Gasteiger partial charge < -0.3 is 15.6 Å². The molecule has 0 saturated carbocycles. The molecule has 0 aliphatic rings. The Bertz CT molecular complexity index is 574. The molecular formula is C15H20N4O. The van der Waals surface area contributed by atoms with Gasteiger partial charge in [0, 0.05) is 32.4 Å². The molecule has 1 aromatic heterocycles. The van der Waals surface area contributed by atoms with Crippen molar-refractivity contribution in [1.82, 2.24) is 14.9 Å². The molecule has 0 saturated heterocycles. The Hall–Kier alpha value is -2.14. The number of carbonyl (C=O) groups excluding carboxylic acids is 1. The summed E-state index contributed by atoms with van der Waals surface area (Å²) in [7, 11) is 1.93. The highest BCUT2D eigenvalue weighted by atomic mass is 16.2. The number of amides is 1. The average Bonchev–Trinajstić information content (AvgIpc) is 2.84. The molecule has 0 aliphatic carbocycles. The third kappa shape index (κ3) is 3.45. The molecule has 5 heteroatoms. The van der Waals surface area contributed by atoms with Crippen molar-refractivity contribution in [2.75, 3.05) is 6.54 Å². The van der Waals surface area contributed by atoms with Crippen LogP contribution in [0, 0.1) is 6.92 Å². The lowest BCUT2D eigenvalue weighted by Gasteiger charge is -2.12. The van der Waals surface area contributed by atoms with E-state index in [0.717, 1.165) is 17.0 Å². The summed E-state index contributed by atoms with van der Waals surface area (Å²) >= 11 is 0. The molecule has 1 heterocycles. The Morgan fingerprint density at radius 3 is 2.70 bits per heavy atom. The third-order valence-electron chi connectivity index (χ3n) is 3.29. The predicted molar refractivity (Wildman–Crippen MR) is 78.0 cm³/mol. The minimum absolute atomic E-state index is 0.164. The van der Waals surface area contributed by atoms with Gasteiger partial charge in [0.05, 0.1) is 0 Å². The van der Waals surface area contributed by atoms with Gasteiger partial charge in [0.2, 0.25) is 5.91 Å². The van der Waals surface area contributed by atoms with Crippen LogP contribution in [0.4, 0.5) is 0 Å². The van der Waals surface area contributed by atoms with Crippen molar-refractivity contribution in [1.29, 1.82) is 0 Å². The first-order chi connectivity index (χ1) is 9.58. The van der Waals surface area contributed by atoms with Crippen molar-refractivity contribution in [2.45, 2.75) is 19.4 Å². The second-order valence-corrected chi connectivity index (χ2v) is 4.88. The minimum Gasteiger partial charge on any atom is -0.354 e. The molecule has 0 fully saturated rings. The molecule has 1 aromatic carbocycles. The fourth-order valence-corrected chi connectivity index (χ4v) is 1.97. The van der Waals surface area contributed by atoms with E-state index in [1.54, 1.807) is 6.20 Å². The molecule has 0 radical (unpaired) electrons. The summed E-state index contributed by atoms with van der Waals surface area (Å²) in [6, 6.07) is 7.06. The van der Waals surface area contributed by atoms with Crippen LogP contribution in [0.15, 0.2) is 36.7 Å². The molecule has 0 spiro atoms. The maximum absolute atomic E-state index is 12.0. The van der Waals surface area contributed by atoms with Crippen LogP contribution in [0.5, 0.6) is 0 Å². The second kappa shape index (κ2) is 6.34. The number of aromatic nitrogens is 2. The zero-order valence-electron chi connectivity index (χ0n) is 11.8. The van der Waals surface area contributed by atoms with E-state index in [1.807, 2.05) is 49.0 Å². The number of nitrogens with zero attached hydrogens (tertiary/aromatic N) is 2. The van der Waals surface area contributed by atoms with Crippen molar-refractivity contribution in [2.24, 2.45) is 12.8 Å². The summed E-state index contributed by atoms with van der Waals surface area (Å²) < 4.78 is 1.94. The smallest absolute Gasteiger partial charge is 0.241 e. The van der Waals surface area contributed by atoms with Gasteiger partial charge in [-0.05, 0) is 12.5 Å². The van der Waals surface area contributed by atoms with E-state index in [2.05, 4.69) is 10.3 Å². The quantitative estimate of drug-likeness (QED) is 0.855. The Kier molecular flexibility index (Phi) is 4.53. The molecule has 20 heavy (non-hydrogen) atoms. The molecule has 0 aliphatic heterocycles. The van der Waals surface area contributed by atoms with E-state index in [4.69, 9.17) is 5.73 Å². The molecule has 3 N–H and O–H groups in total. The van der Waals surface area contributed by atoms with Gasteiger partial charge >= 0.3 is 0 Å². The van der Waals surface area contributed by atoms with E-state index >= 15 is 0 Å². The first-order valence-electron chi connectivity index (χ1n) is 6.64. The van der Waals surface area contributed by atoms with Crippen LogP contribution in [0.1, 0.15) is 23.0 Å². The largest absolute Gasteiger partial charge is 0.354 e. The number of imidazole rings is 1. The number of carbonyl (C=O) groups is 1. The molecule has 0 bridgehead atoms. The van der Waals surface area contributed by atoms with Gasteiger partial charge in [-0.2, -0.15) is 0 Å². The summed E-state index contributed by atoms with van der Waals surface area (Å²) in [5.74, 6) is 0.775. The summed E-state index contributed by atoms with van der Waals surface area (Å²) in [5.41, 5.74) is 7.92. The highest BCUT2D eigenvalue weighted by Gasteiger charge is 2.15. The zero-order valence-corrected chi connectivity index (χ0v) is 11.8. The van der Waals surface area contributed by atoms with Crippen molar-refractivity contribution < 1.29 is 4.79 Å². The fourth-order valence-electron chi connectivity index (χ4n) is 1.97. The lowest BCUT2D eigenvalue weighted by Crippen LogP contribution is -2.35. The first-order valence-corrected chi connectivity index (χ1v) is 6.64. The van der Waals surface area contributed by atoms with E-state index in [1.165, 1.54) is 0 Å². The summed E-state index contributed by atoms with van der Waals surface area (Å²) in [5, 5.41) is 2.84. The highest BCUT2D eigenvalue weighted by Crippen LogP contribution is 2.11. The fraction of sp³-hybridized carbons (Fsp3) is 0.333. The Morgan fingerprint density at radius 1 is 1.40 bits per heavy atom. The average molecular weight is 272 g/mol. The van der Waals surface area contributed by atoms with E-state index in [9.17, 15) is 4.79 Å². The van der Waals surface area contributed by atoms with E-state index in [-0.39, 0.29) is 5.91 Å². The van der Waals surface area contributed by atoms with Gasteiger partial charge in [0.15, 0.2) is 0 Å². The molecule has 2 aromatic rings. The maximum atomic E-state index is 12.0. The molecule has 2 rings (SSSR count). The van der Waals surface area contributed by atoms with Crippen molar-refractivity contribution in [3.05, 3.63) is 53.6 Å². The maximum Gasteiger partial charge on any atom is 0.241 e. The van der Waals surface area contributed by atoms with Crippen LogP contribution < -0.4 is 11.1 Å². The molecule has 1 amide bonds. The lowest BCUT2D eigenvalue weighted by atomic mass is 10.1. The second-order valence-electron chi connectivity index (χ2n) is 4.88. The van der Waals surface area contributed by atoms with Crippen molar-refractivity contribution >= 4 is 5.91 Å². The van der Waals surface area contributed by atoms with Gasteiger partial charge in [-0.3, -0.25) is 4.79 Å². The predicted octanol–water partition coefficient (Wildman–Crippen LogP) is 1.09. The number of hydrogen-bond donors (Lipinski definition) is 2. The van der Waals surface area contributed by atoms with Crippen LogP contribution in [0.2, 0.25) is 0 Å². The van der Waals surface area contributed by atoms with Crippen molar-refractivity contribution in [3.8, 4) is 0 Å². The number of aryl methyl sites for hydroxylation is 2. The van der Waals surface area contributed by atoms with E-state index < -0.39 is 6.04 Å². The van der Waals surface area contributed by atoms with Crippen LogP contribution >= 0.6 is 0 Å².